The third-order valence-electron chi connectivity index (χ3n) is 0.493. The van der Waals surface area contributed by atoms with Crippen LogP contribution in [0.5, 0.6) is 0 Å². The lowest BCUT2D eigenvalue weighted by Crippen LogP contribution is -2.25. The van der Waals surface area contributed by atoms with Crippen LogP contribution in [0.4, 0.5) is 8.78 Å². The van der Waals surface area contributed by atoms with Crippen LogP contribution in [0.3, 0.4) is 0 Å². The molecular weight excluding hydrogens is 88.0 g/mol. The summed E-state index contributed by atoms with van der Waals surface area (Å²) < 4.78 is 22.7. The van der Waals surface area contributed by atoms with E-state index in [1.54, 1.807) is 0 Å². The molecule has 0 unspecified atom stereocenters. The molecule has 0 fully saturated rings. The van der Waals surface area contributed by atoms with Crippen LogP contribution in [0.15, 0.2) is 4.99 Å². The van der Waals surface area contributed by atoms with Crippen molar-refractivity contribution >= 4 is 6.21 Å². The summed E-state index contributed by atoms with van der Waals surface area (Å²) in [5.74, 6) is -2.69. The van der Waals surface area contributed by atoms with E-state index in [2.05, 4.69) is 4.99 Å². The Bertz CT molecular complexity index is 86.8. The summed E-state index contributed by atoms with van der Waals surface area (Å²) in [6.07, 6.45) is 0.604. The van der Waals surface area contributed by atoms with Crippen molar-refractivity contribution in [1.29, 1.82) is 0 Å². The zero-order valence-electron chi connectivity index (χ0n) is 2.86. The molecule has 0 radical (unpaired) electrons. The van der Waals surface area contributed by atoms with Crippen LogP contribution >= 0.6 is 0 Å². The molecule has 3 heteroatoms. The Kier molecular flexibility index (Phi) is 0.431. The first-order chi connectivity index (χ1) is 2.71. The highest BCUT2D eigenvalue weighted by molar-refractivity contribution is 5.75. The minimum atomic E-state index is -2.69. The molecule has 0 aromatic rings. The normalized spacial score (nSPS) is 25.0. The van der Waals surface area contributed by atoms with E-state index in [-0.39, 0.29) is 0 Å². The maximum absolute atomic E-state index is 11.3. The Morgan fingerprint density at radius 3 is 2.00 bits per heavy atom. The third-order valence-corrected chi connectivity index (χ3v) is 0.493. The van der Waals surface area contributed by atoms with Gasteiger partial charge in [-0.15, -0.1) is 0 Å². The number of alkyl halides is 2. The van der Waals surface area contributed by atoms with Crippen LogP contribution in [-0.2, 0) is 0 Å². The van der Waals surface area contributed by atoms with Gasteiger partial charge in [-0.25, -0.2) is 8.78 Å². The lowest BCUT2D eigenvalue weighted by Gasteiger charge is -2.26. The standard InChI is InChI=1S/C3H2F2N/c4-3(5)1-6-2-3/h1-2H/q-1. The molecule has 6 heavy (non-hydrogen) atoms. The molecule has 0 amide bonds. The molecule has 1 heterocycles. The van der Waals surface area contributed by atoms with E-state index in [0.29, 0.717) is 12.8 Å². The van der Waals surface area contributed by atoms with Gasteiger partial charge in [0.15, 0.2) is 5.92 Å². The van der Waals surface area contributed by atoms with Gasteiger partial charge in [-0.1, -0.05) is 12.8 Å². The minimum absolute atomic E-state index is 0.604. The minimum Gasteiger partial charge on any atom is -0.449 e. The van der Waals surface area contributed by atoms with E-state index < -0.39 is 5.92 Å². The lowest BCUT2D eigenvalue weighted by molar-refractivity contribution is 0.105. The molecule has 0 aliphatic carbocycles. The Morgan fingerprint density at radius 1 is 1.67 bits per heavy atom. The summed E-state index contributed by atoms with van der Waals surface area (Å²) in [5.41, 5.74) is 0. The van der Waals surface area contributed by atoms with Crippen molar-refractivity contribution in [2.45, 2.75) is 5.92 Å². The predicted molar refractivity (Wildman–Crippen MR) is 17.7 cm³/mol. The van der Waals surface area contributed by atoms with Gasteiger partial charge in [0.05, 0.1) is 0 Å². The Hall–Kier alpha value is -0.600. The molecule has 0 saturated carbocycles. The highest BCUT2D eigenvalue weighted by Crippen LogP contribution is 2.21. The lowest BCUT2D eigenvalue weighted by atomic mass is 10.3. The fourth-order valence-electron chi connectivity index (χ4n) is 0.187. The van der Waals surface area contributed by atoms with Gasteiger partial charge in [0.2, 0.25) is 0 Å². The van der Waals surface area contributed by atoms with Crippen LogP contribution in [0.1, 0.15) is 0 Å². The van der Waals surface area contributed by atoms with Crippen molar-refractivity contribution in [1.82, 2.24) is 0 Å². The van der Waals surface area contributed by atoms with Gasteiger partial charge in [0.25, 0.3) is 0 Å². The maximum Gasteiger partial charge on any atom is 0.193 e. The molecule has 0 atom stereocenters. The highest BCUT2D eigenvalue weighted by Gasteiger charge is 2.19. The smallest absolute Gasteiger partial charge is 0.193 e. The van der Waals surface area contributed by atoms with E-state index in [9.17, 15) is 8.78 Å². The first kappa shape index (κ1) is 3.59. The number of hydrogen-bond donors (Lipinski definition) is 0. The van der Waals surface area contributed by atoms with E-state index >= 15 is 0 Å². The van der Waals surface area contributed by atoms with Crippen molar-refractivity contribution in [3.8, 4) is 0 Å². The van der Waals surface area contributed by atoms with E-state index in [1.807, 2.05) is 0 Å². The zero-order valence-corrected chi connectivity index (χ0v) is 2.86. The maximum atomic E-state index is 11.3. The average Bonchev–Trinajstić information content (AvgIpc) is 1.32. The van der Waals surface area contributed by atoms with Crippen LogP contribution in [0, 0.1) is 6.54 Å². The highest BCUT2D eigenvalue weighted by atomic mass is 19.3. The first-order valence-electron chi connectivity index (χ1n) is 1.47. The molecule has 1 nitrogen and oxygen atoms in total. The van der Waals surface area contributed by atoms with Gasteiger partial charge in [0, 0.05) is 0 Å². The molecule has 1 aliphatic rings. The second kappa shape index (κ2) is 0.721. The summed E-state index contributed by atoms with van der Waals surface area (Å²) in [7, 11) is 0. The van der Waals surface area contributed by atoms with Gasteiger partial charge in [0.1, 0.15) is 0 Å². The quantitative estimate of drug-likeness (QED) is 0.391. The fraction of sp³-hybridized carbons (Fsp3) is 0.333. The molecule has 1 aliphatic heterocycles. The Morgan fingerprint density at radius 2 is 2.00 bits per heavy atom. The zero-order chi connectivity index (χ0) is 4.62. The topological polar surface area (TPSA) is 12.4 Å². The van der Waals surface area contributed by atoms with Gasteiger partial charge >= 0.3 is 0 Å². The van der Waals surface area contributed by atoms with Gasteiger partial charge in [-0.2, -0.15) is 0 Å². The SMILES string of the molecule is FC1(F)C=N[CH-]1. The molecular formula is C3H2F2N-. The summed E-state index contributed by atoms with van der Waals surface area (Å²) in [5, 5.41) is 0. The second-order valence-electron chi connectivity index (χ2n) is 1.08. The van der Waals surface area contributed by atoms with Crippen molar-refractivity contribution in [3.63, 3.8) is 0 Å². The van der Waals surface area contributed by atoms with Crippen LogP contribution in [0.2, 0.25) is 0 Å². The molecule has 0 N–H and O–H groups in total. The van der Waals surface area contributed by atoms with Crippen molar-refractivity contribution in [2.24, 2.45) is 4.99 Å². The number of aliphatic imine (C=N–C) groups is 1. The summed E-state index contributed by atoms with van der Waals surface area (Å²) in [6, 6.07) is 0. The third kappa shape index (κ3) is 0.358. The van der Waals surface area contributed by atoms with E-state index in [4.69, 9.17) is 0 Å². The second-order valence-corrected chi connectivity index (χ2v) is 1.08. The van der Waals surface area contributed by atoms with Crippen molar-refractivity contribution in [2.75, 3.05) is 0 Å². The van der Waals surface area contributed by atoms with E-state index in [0.717, 1.165) is 0 Å². The average molecular weight is 90.1 g/mol. The summed E-state index contributed by atoms with van der Waals surface area (Å²) >= 11 is 0. The summed E-state index contributed by atoms with van der Waals surface area (Å²) in [6.45, 7) is 0.604. The molecule has 0 spiro atoms. The van der Waals surface area contributed by atoms with Crippen LogP contribution < -0.4 is 0 Å². The van der Waals surface area contributed by atoms with Gasteiger partial charge in [-0.05, 0) is 0 Å². The Labute approximate surface area is 33.7 Å². The molecule has 0 bridgehead atoms. The van der Waals surface area contributed by atoms with E-state index in [1.165, 1.54) is 0 Å². The number of halogens is 2. The summed E-state index contributed by atoms with van der Waals surface area (Å²) in [4.78, 5) is 3.07. The number of nitrogens with zero attached hydrogens (tertiary/aromatic N) is 1. The predicted octanol–water partition coefficient (Wildman–Crippen LogP) is 0.868. The largest absolute Gasteiger partial charge is 0.449 e. The fourth-order valence-corrected chi connectivity index (χ4v) is 0.187. The monoisotopic (exact) mass is 90.0 g/mol. The first-order valence-corrected chi connectivity index (χ1v) is 1.47. The van der Waals surface area contributed by atoms with Crippen molar-refractivity contribution in [3.05, 3.63) is 6.54 Å². The van der Waals surface area contributed by atoms with Crippen LogP contribution in [-0.4, -0.2) is 12.1 Å². The number of rotatable bonds is 0. The Balaban J connectivity index is 2.57. The molecule has 34 valence electrons. The van der Waals surface area contributed by atoms with Crippen LogP contribution in [0.25, 0.3) is 0 Å². The molecule has 0 aromatic carbocycles. The van der Waals surface area contributed by atoms with Gasteiger partial charge < -0.3 is 4.99 Å². The molecule has 1 rings (SSSR count). The molecule has 0 saturated heterocycles. The molecule has 0 aromatic heterocycles. The van der Waals surface area contributed by atoms with Gasteiger partial charge in [-0.3, -0.25) is 0 Å². The number of hydrogen-bond acceptors (Lipinski definition) is 1. The van der Waals surface area contributed by atoms with Crippen molar-refractivity contribution < 1.29 is 8.78 Å².